The number of ether oxygens (including phenoxy) is 1. The fourth-order valence-corrected chi connectivity index (χ4v) is 5.07. The van der Waals surface area contributed by atoms with Crippen LogP contribution in [0.2, 0.25) is 0 Å². The topological polar surface area (TPSA) is 59.5 Å². The Kier molecular flexibility index (Phi) is 5.54. The van der Waals surface area contributed by atoms with E-state index in [0.717, 1.165) is 15.6 Å². The lowest BCUT2D eigenvalue weighted by Crippen LogP contribution is -2.40. The minimum absolute atomic E-state index is 0.00986. The van der Waals surface area contributed by atoms with Crippen LogP contribution in [0.15, 0.2) is 48.0 Å². The first-order chi connectivity index (χ1) is 13.7. The number of hydrogen-bond donors (Lipinski definition) is 0. The van der Waals surface area contributed by atoms with Crippen LogP contribution in [0, 0.1) is 5.92 Å². The summed E-state index contributed by atoms with van der Waals surface area (Å²) in [5, 5.41) is 2.88. The Morgan fingerprint density at radius 1 is 1.14 bits per heavy atom. The van der Waals surface area contributed by atoms with Gasteiger partial charge >= 0.3 is 0 Å². The zero-order chi connectivity index (χ0) is 19.5. The van der Waals surface area contributed by atoms with E-state index in [1.165, 1.54) is 11.3 Å². The van der Waals surface area contributed by atoms with Gasteiger partial charge in [-0.3, -0.25) is 9.59 Å². The fourth-order valence-electron chi connectivity index (χ4n) is 3.38. The van der Waals surface area contributed by atoms with Gasteiger partial charge in [0, 0.05) is 24.6 Å². The summed E-state index contributed by atoms with van der Waals surface area (Å²) in [5.41, 5.74) is 0.702. The van der Waals surface area contributed by atoms with E-state index in [2.05, 4.69) is 4.98 Å². The van der Waals surface area contributed by atoms with Gasteiger partial charge in [-0.05, 0) is 48.6 Å². The highest BCUT2D eigenvalue weighted by molar-refractivity contribution is 7.21. The molecule has 0 radical (unpaired) electrons. The molecular weight excluding hydrogens is 392 g/mol. The molecule has 144 valence electrons. The van der Waals surface area contributed by atoms with Crippen LogP contribution in [-0.4, -0.2) is 41.8 Å². The minimum atomic E-state index is -0.0411. The van der Waals surface area contributed by atoms with Gasteiger partial charge in [-0.1, -0.05) is 6.07 Å². The molecule has 1 aromatic carbocycles. The van der Waals surface area contributed by atoms with Gasteiger partial charge in [-0.2, -0.15) is 0 Å². The molecule has 1 aliphatic heterocycles. The molecule has 3 heterocycles. The first-order valence-corrected chi connectivity index (χ1v) is 10.8. The van der Waals surface area contributed by atoms with Crippen LogP contribution in [0.5, 0.6) is 5.75 Å². The second-order valence-corrected chi connectivity index (χ2v) is 8.64. The summed E-state index contributed by atoms with van der Waals surface area (Å²) in [4.78, 5) is 33.5. The van der Waals surface area contributed by atoms with Crippen LogP contribution in [0.3, 0.4) is 0 Å². The predicted octanol–water partition coefficient (Wildman–Crippen LogP) is 4.62. The van der Waals surface area contributed by atoms with Gasteiger partial charge in [0.15, 0.2) is 5.78 Å². The summed E-state index contributed by atoms with van der Waals surface area (Å²) in [6.45, 7) is 1.19. The van der Waals surface area contributed by atoms with Crippen molar-refractivity contribution in [1.82, 2.24) is 9.88 Å². The maximum atomic E-state index is 12.8. The maximum absolute atomic E-state index is 12.8. The molecule has 1 saturated heterocycles. The number of thiazole rings is 1. The van der Waals surface area contributed by atoms with Gasteiger partial charge in [0.25, 0.3) is 5.91 Å². The SMILES string of the molecule is COc1ccc(C(=O)C2CCN(C(=O)c3cnc(-c4cccs4)s3)CC2)cc1. The first-order valence-electron chi connectivity index (χ1n) is 9.13. The van der Waals surface area contributed by atoms with E-state index >= 15 is 0 Å². The van der Waals surface area contributed by atoms with Gasteiger partial charge in [-0.15, -0.1) is 22.7 Å². The molecule has 28 heavy (non-hydrogen) atoms. The van der Waals surface area contributed by atoms with E-state index < -0.39 is 0 Å². The number of likely N-dealkylation sites (tertiary alicyclic amines) is 1. The molecule has 1 amide bonds. The van der Waals surface area contributed by atoms with E-state index in [4.69, 9.17) is 4.74 Å². The Morgan fingerprint density at radius 2 is 1.89 bits per heavy atom. The second-order valence-electron chi connectivity index (χ2n) is 6.67. The number of benzene rings is 1. The lowest BCUT2D eigenvalue weighted by molar-refractivity contribution is 0.0654. The summed E-state index contributed by atoms with van der Waals surface area (Å²) < 4.78 is 5.14. The Balaban J connectivity index is 1.37. The molecule has 3 aromatic rings. The Hall–Kier alpha value is -2.51. The molecule has 1 fully saturated rings. The number of amides is 1. The first kappa shape index (κ1) is 18.8. The van der Waals surface area contributed by atoms with Crippen molar-refractivity contribution in [3.63, 3.8) is 0 Å². The van der Waals surface area contributed by atoms with Gasteiger partial charge in [-0.25, -0.2) is 4.98 Å². The van der Waals surface area contributed by atoms with Crippen molar-refractivity contribution in [3.05, 3.63) is 58.4 Å². The number of aromatic nitrogens is 1. The zero-order valence-corrected chi connectivity index (χ0v) is 17.1. The number of ketones is 1. The molecule has 5 nitrogen and oxygen atoms in total. The number of methoxy groups -OCH3 is 1. The van der Waals surface area contributed by atoms with Gasteiger partial charge in [0.2, 0.25) is 0 Å². The summed E-state index contributed by atoms with van der Waals surface area (Å²) in [6, 6.07) is 11.2. The number of thiophene rings is 1. The van der Waals surface area contributed by atoms with Gasteiger partial charge in [0.05, 0.1) is 18.2 Å². The number of piperidine rings is 1. The number of nitrogens with zero attached hydrogens (tertiary/aromatic N) is 2. The smallest absolute Gasteiger partial charge is 0.265 e. The third-order valence-electron chi connectivity index (χ3n) is 4.98. The third kappa shape index (κ3) is 3.86. The van der Waals surface area contributed by atoms with Crippen molar-refractivity contribution in [2.75, 3.05) is 20.2 Å². The van der Waals surface area contributed by atoms with Crippen molar-refractivity contribution in [1.29, 1.82) is 0 Å². The normalized spacial score (nSPS) is 14.8. The number of hydrogen-bond acceptors (Lipinski definition) is 6. The van der Waals surface area contributed by atoms with Crippen molar-refractivity contribution in [2.45, 2.75) is 12.8 Å². The Morgan fingerprint density at radius 3 is 2.54 bits per heavy atom. The van der Waals surface area contributed by atoms with Crippen LogP contribution < -0.4 is 4.74 Å². The number of carbonyl (C=O) groups excluding carboxylic acids is 2. The molecule has 4 rings (SSSR count). The van der Waals surface area contributed by atoms with Crippen molar-refractivity contribution in [2.24, 2.45) is 5.92 Å². The van der Waals surface area contributed by atoms with Gasteiger partial charge < -0.3 is 9.64 Å². The summed E-state index contributed by atoms with van der Waals surface area (Å²) in [5.74, 6) is 0.854. The molecule has 0 N–H and O–H groups in total. The van der Waals surface area contributed by atoms with E-state index in [-0.39, 0.29) is 17.6 Å². The minimum Gasteiger partial charge on any atom is -0.497 e. The van der Waals surface area contributed by atoms with Crippen molar-refractivity contribution < 1.29 is 14.3 Å². The second kappa shape index (κ2) is 8.24. The predicted molar refractivity (Wildman–Crippen MR) is 111 cm³/mol. The van der Waals surface area contributed by atoms with Crippen molar-refractivity contribution in [3.8, 4) is 15.6 Å². The molecule has 0 bridgehead atoms. The monoisotopic (exact) mass is 412 g/mol. The highest BCUT2D eigenvalue weighted by atomic mass is 32.1. The zero-order valence-electron chi connectivity index (χ0n) is 15.5. The quantitative estimate of drug-likeness (QED) is 0.574. The van der Waals surface area contributed by atoms with E-state index in [1.807, 2.05) is 34.5 Å². The summed E-state index contributed by atoms with van der Waals surface area (Å²) >= 11 is 3.05. The molecule has 0 saturated carbocycles. The molecule has 1 aliphatic rings. The molecule has 7 heteroatoms. The largest absolute Gasteiger partial charge is 0.497 e. The van der Waals surface area contributed by atoms with E-state index in [1.54, 1.807) is 36.8 Å². The highest BCUT2D eigenvalue weighted by Gasteiger charge is 2.29. The Bertz CT molecular complexity index is 956. The lowest BCUT2D eigenvalue weighted by Gasteiger charge is -2.31. The molecule has 2 aromatic heterocycles. The third-order valence-corrected chi connectivity index (χ3v) is 7.00. The molecule has 0 aliphatic carbocycles. The standard InChI is InChI=1S/C21H20N2O3S2/c1-26-16-6-4-14(5-7-16)19(24)15-8-10-23(11-9-15)21(25)18-13-22-20(28-18)17-3-2-12-27-17/h2-7,12-13,15H,8-11H2,1H3. The molecular formula is C21H20N2O3S2. The fraction of sp³-hybridized carbons (Fsp3) is 0.286. The van der Waals surface area contributed by atoms with E-state index in [9.17, 15) is 9.59 Å². The molecule has 0 atom stereocenters. The van der Waals surface area contributed by atoms with Crippen molar-refractivity contribution >= 4 is 34.4 Å². The number of carbonyl (C=O) groups is 2. The summed E-state index contributed by atoms with van der Waals surface area (Å²) in [7, 11) is 1.61. The molecule has 0 spiro atoms. The average molecular weight is 413 g/mol. The van der Waals surface area contributed by atoms with Crippen LogP contribution in [-0.2, 0) is 0 Å². The summed E-state index contributed by atoms with van der Waals surface area (Å²) in [6.07, 6.45) is 3.04. The van der Waals surface area contributed by atoms with Crippen LogP contribution in [0.1, 0.15) is 32.9 Å². The van der Waals surface area contributed by atoms with E-state index in [0.29, 0.717) is 36.4 Å². The molecule has 0 unspecified atom stereocenters. The van der Waals surface area contributed by atoms with Gasteiger partial charge in [0.1, 0.15) is 15.6 Å². The average Bonchev–Trinajstić information content (AvgIpc) is 3.45. The van der Waals surface area contributed by atoms with Crippen LogP contribution in [0.4, 0.5) is 0 Å². The van der Waals surface area contributed by atoms with Crippen LogP contribution in [0.25, 0.3) is 9.88 Å². The number of rotatable bonds is 5. The van der Waals surface area contributed by atoms with Crippen LogP contribution >= 0.6 is 22.7 Å². The Labute approximate surface area is 171 Å². The maximum Gasteiger partial charge on any atom is 0.265 e. The number of Topliss-reactive ketones (excluding diaryl/α,β-unsaturated/α-hetero) is 1. The lowest BCUT2D eigenvalue weighted by atomic mass is 9.89. The highest BCUT2D eigenvalue weighted by Crippen LogP contribution is 2.30.